The molecule has 2 rings (SSSR count). The molecule has 1 saturated heterocycles. The Kier molecular flexibility index (Phi) is 3.76. The third kappa shape index (κ3) is 2.65. The quantitative estimate of drug-likeness (QED) is 0.738. The van der Waals surface area contributed by atoms with Crippen molar-refractivity contribution in [2.45, 2.75) is 18.9 Å². The number of hydrogen-bond acceptors (Lipinski definition) is 3. The van der Waals surface area contributed by atoms with Gasteiger partial charge in [0.15, 0.2) is 0 Å². The molecule has 0 spiro atoms. The molecule has 1 fully saturated rings. The van der Waals surface area contributed by atoms with Crippen molar-refractivity contribution in [2.75, 3.05) is 13.1 Å². The molecule has 1 aliphatic heterocycles. The normalized spacial score (nSPS) is 18.9. The van der Waals surface area contributed by atoms with Crippen LogP contribution in [0.25, 0.3) is 0 Å². The molecule has 0 saturated carbocycles. The summed E-state index contributed by atoms with van der Waals surface area (Å²) >= 11 is 0. The maximum Gasteiger partial charge on any atom is 0.336 e. The highest BCUT2D eigenvalue weighted by Crippen LogP contribution is 2.28. The Balaban J connectivity index is 2.23. The van der Waals surface area contributed by atoms with Gasteiger partial charge in [-0.15, -0.1) is 0 Å². The molecule has 4 N–H and O–H groups in total. The summed E-state index contributed by atoms with van der Waals surface area (Å²) in [5.41, 5.74) is 7.31. The number of benzene rings is 1. The number of carboxylic acid groups (broad SMARTS) is 1. The van der Waals surface area contributed by atoms with Gasteiger partial charge in [-0.25, -0.2) is 4.79 Å². The van der Waals surface area contributed by atoms with Gasteiger partial charge in [-0.05, 0) is 43.5 Å². The number of nitrogens with two attached hydrogens (primary N) is 1. The van der Waals surface area contributed by atoms with Gasteiger partial charge in [-0.1, -0.05) is 18.2 Å². The summed E-state index contributed by atoms with van der Waals surface area (Å²) in [6.07, 6.45) is 2.02. The van der Waals surface area contributed by atoms with E-state index in [-0.39, 0.29) is 6.04 Å². The van der Waals surface area contributed by atoms with Crippen LogP contribution in [0.2, 0.25) is 0 Å². The predicted molar refractivity (Wildman–Crippen MR) is 65.9 cm³/mol. The molecule has 1 aromatic carbocycles. The Morgan fingerprint density at radius 3 is 2.65 bits per heavy atom. The van der Waals surface area contributed by atoms with Gasteiger partial charge in [0.05, 0.1) is 5.56 Å². The smallest absolute Gasteiger partial charge is 0.336 e. The van der Waals surface area contributed by atoms with Crippen molar-refractivity contribution in [1.82, 2.24) is 5.32 Å². The number of piperidine rings is 1. The molecule has 0 bridgehead atoms. The summed E-state index contributed by atoms with van der Waals surface area (Å²) < 4.78 is 0. The van der Waals surface area contributed by atoms with E-state index < -0.39 is 5.97 Å². The number of nitrogens with one attached hydrogen (secondary N) is 1. The second-order valence-electron chi connectivity index (χ2n) is 4.51. The first kappa shape index (κ1) is 12.1. The summed E-state index contributed by atoms with van der Waals surface area (Å²) in [4.78, 5) is 11.1. The molecule has 0 amide bonds. The van der Waals surface area contributed by atoms with Crippen LogP contribution in [0.4, 0.5) is 0 Å². The average molecular weight is 234 g/mol. The van der Waals surface area contributed by atoms with Crippen LogP contribution in [0.1, 0.15) is 34.8 Å². The number of aromatic carboxylic acids is 1. The molecule has 17 heavy (non-hydrogen) atoms. The summed E-state index contributed by atoms with van der Waals surface area (Å²) in [5.74, 6) is -0.526. The molecule has 92 valence electrons. The molecule has 0 aliphatic carbocycles. The first-order valence-electron chi connectivity index (χ1n) is 5.98. The Morgan fingerprint density at radius 2 is 2.00 bits per heavy atom. The minimum atomic E-state index is -0.898. The first-order chi connectivity index (χ1) is 8.20. The van der Waals surface area contributed by atoms with Gasteiger partial charge >= 0.3 is 5.97 Å². The van der Waals surface area contributed by atoms with Gasteiger partial charge in [0.1, 0.15) is 0 Å². The molecule has 4 heteroatoms. The highest BCUT2D eigenvalue weighted by atomic mass is 16.4. The zero-order chi connectivity index (χ0) is 12.3. The zero-order valence-electron chi connectivity index (χ0n) is 9.73. The lowest BCUT2D eigenvalue weighted by molar-refractivity contribution is 0.0694. The van der Waals surface area contributed by atoms with Gasteiger partial charge in [0.2, 0.25) is 0 Å². The molecule has 0 radical (unpaired) electrons. The van der Waals surface area contributed by atoms with Gasteiger partial charge in [-0.3, -0.25) is 0 Å². The second kappa shape index (κ2) is 5.29. The largest absolute Gasteiger partial charge is 0.478 e. The zero-order valence-corrected chi connectivity index (χ0v) is 9.73. The first-order valence-corrected chi connectivity index (χ1v) is 5.98. The van der Waals surface area contributed by atoms with Crippen molar-refractivity contribution >= 4 is 5.97 Å². The number of rotatable bonds is 3. The fourth-order valence-electron chi connectivity index (χ4n) is 2.44. The average Bonchev–Trinajstić information content (AvgIpc) is 2.39. The second-order valence-corrected chi connectivity index (χ2v) is 4.51. The Morgan fingerprint density at radius 1 is 1.35 bits per heavy atom. The Hall–Kier alpha value is -1.39. The molecule has 0 unspecified atom stereocenters. The molecule has 1 heterocycles. The third-order valence-corrected chi connectivity index (χ3v) is 3.44. The van der Waals surface area contributed by atoms with Crippen LogP contribution in [0.5, 0.6) is 0 Å². The minimum Gasteiger partial charge on any atom is -0.478 e. The van der Waals surface area contributed by atoms with Crippen molar-refractivity contribution < 1.29 is 9.90 Å². The topological polar surface area (TPSA) is 75.4 Å². The van der Waals surface area contributed by atoms with Gasteiger partial charge in [0.25, 0.3) is 0 Å². The van der Waals surface area contributed by atoms with Crippen molar-refractivity contribution in [3.05, 3.63) is 35.4 Å². The van der Waals surface area contributed by atoms with E-state index in [0.29, 0.717) is 11.5 Å². The fraction of sp³-hybridized carbons (Fsp3) is 0.462. The summed E-state index contributed by atoms with van der Waals surface area (Å²) in [7, 11) is 0. The maximum atomic E-state index is 11.1. The standard InChI is InChI=1S/C13H18N2O2/c14-12(9-5-7-15-8-6-9)10-3-1-2-4-11(10)13(16)17/h1-4,9,12,15H,5-8,14H2,(H,16,17)/t12-/m1/s1. The molecule has 1 atom stereocenters. The Labute approximate surface area is 101 Å². The summed E-state index contributed by atoms with van der Waals surface area (Å²) in [6, 6.07) is 6.86. The lowest BCUT2D eigenvalue weighted by Crippen LogP contribution is -2.34. The van der Waals surface area contributed by atoms with Crippen LogP contribution in [0.15, 0.2) is 24.3 Å². The van der Waals surface area contributed by atoms with E-state index in [1.54, 1.807) is 12.1 Å². The van der Waals surface area contributed by atoms with Crippen LogP contribution in [-0.4, -0.2) is 24.2 Å². The monoisotopic (exact) mass is 234 g/mol. The van der Waals surface area contributed by atoms with Gasteiger partial charge in [-0.2, -0.15) is 0 Å². The molecular formula is C13H18N2O2. The van der Waals surface area contributed by atoms with Crippen LogP contribution in [0.3, 0.4) is 0 Å². The molecule has 4 nitrogen and oxygen atoms in total. The van der Waals surface area contributed by atoms with Crippen molar-refractivity contribution in [1.29, 1.82) is 0 Å². The van der Waals surface area contributed by atoms with Crippen LogP contribution in [0, 0.1) is 5.92 Å². The van der Waals surface area contributed by atoms with Crippen molar-refractivity contribution in [3.63, 3.8) is 0 Å². The molecular weight excluding hydrogens is 216 g/mol. The summed E-state index contributed by atoms with van der Waals surface area (Å²) in [5, 5.41) is 12.4. The van der Waals surface area contributed by atoms with Crippen molar-refractivity contribution in [3.8, 4) is 0 Å². The highest BCUT2D eigenvalue weighted by molar-refractivity contribution is 5.89. The third-order valence-electron chi connectivity index (χ3n) is 3.44. The predicted octanol–water partition coefficient (Wildman–Crippen LogP) is 1.38. The van der Waals surface area contributed by atoms with Crippen LogP contribution < -0.4 is 11.1 Å². The maximum absolute atomic E-state index is 11.1. The molecule has 1 aliphatic rings. The van der Waals surface area contributed by atoms with E-state index in [1.807, 2.05) is 12.1 Å². The number of carbonyl (C=O) groups is 1. The minimum absolute atomic E-state index is 0.176. The van der Waals surface area contributed by atoms with E-state index in [4.69, 9.17) is 10.8 Å². The van der Waals surface area contributed by atoms with E-state index in [2.05, 4.69) is 5.32 Å². The summed E-state index contributed by atoms with van der Waals surface area (Å²) in [6.45, 7) is 1.93. The fourth-order valence-corrected chi connectivity index (χ4v) is 2.44. The number of hydrogen-bond donors (Lipinski definition) is 3. The highest BCUT2D eigenvalue weighted by Gasteiger charge is 2.24. The SMILES string of the molecule is N[C@@H](c1ccccc1C(=O)O)C1CCNCC1. The van der Waals surface area contributed by atoms with Gasteiger partial charge < -0.3 is 16.2 Å². The van der Waals surface area contributed by atoms with E-state index in [0.717, 1.165) is 31.5 Å². The van der Waals surface area contributed by atoms with E-state index in [1.165, 1.54) is 0 Å². The van der Waals surface area contributed by atoms with Crippen LogP contribution >= 0.6 is 0 Å². The lowest BCUT2D eigenvalue weighted by atomic mass is 9.85. The van der Waals surface area contributed by atoms with Gasteiger partial charge in [0, 0.05) is 6.04 Å². The molecule has 1 aromatic rings. The lowest BCUT2D eigenvalue weighted by Gasteiger charge is -2.29. The van der Waals surface area contributed by atoms with E-state index in [9.17, 15) is 4.79 Å². The number of carboxylic acids is 1. The van der Waals surface area contributed by atoms with Crippen molar-refractivity contribution in [2.24, 2.45) is 11.7 Å². The van der Waals surface area contributed by atoms with E-state index >= 15 is 0 Å². The molecule has 0 aromatic heterocycles. The van der Waals surface area contributed by atoms with Crippen LogP contribution in [-0.2, 0) is 0 Å². The Bertz CT molecular complexity index is 400.